The molecule has 2 heteroatoms. The minimum atomic E-state index is -0.179. The monoisotopic (exact) mass is 795 g/mol. The Hall–Kier alpha value is -7.42. The Labute approximate surface area is 363 Å². The van der Waals surface area contributed by atoms with Crippen molar-refractivity contribution < 1.29 is 4.42 Å². The second kappa shape index (κ2) is 13.5. The van der Waals surface area contributed by atoms with E-state index in [1.54, 1.807) is 0 Å². The predicted molar refractivity (Wildman–Crippen MR) is 260 cm³/mol. The lowest BCUT2D eigenvalue weighted by Crippen LogP contribution is -2.16. The fraction of sp³-hybridized carbons (Fsp3) is 0.100. The quantitative estimate of drug-likeness (QED) is 0.167. The molecule has 0 N–H and O–H groups in total. The second-order valence-corrected chi connectivity index (χ2v) is 18.2. The highest BCUT2D eigenvalue weighted by atomic mass is 16.3. The first-order chi connectivity index (χ1) is 30.2. The van der Waals surface area contributed by atoms with Gasteiger partial charge in [0.25, 0.3) is 0 Å². The first-order valence-corrected chi connectivity index (χ1v) is 21.7. The second-order valence-electron chi connectivity index (χ2n) is 18.2. The van der Waals surface area contributed by atoms with Gasteiger partial charge in [-0.25, -0.2) is 0 Å². The number of hydrogen-bond donors (Lipinski definition) is 0. The largest absolute Gasteiger partial charge is 0.456 e. The van der Waals surface area contributed by atoms with Gasteiger partial charge < -0.3 is 9.32 Å². The Bertz CT molecular complexity index is 3390. The van der Waals surface area contributed by atoms with E-state index in [2.05, 4.69) is 221 Å². The minimum absolute atomic E-state index is 0.0488. The summed E-state index contributed by atoms with van der Waals surface area (Å²) in [5.41, 5.74) is 23.0. The molecule has 0 spiro atoms. The Morgan fingerprint density at radius 3 is 1.40 bits per heavy atom. The SMILES string of the molecule is CC1(C)c2ccccc2-c2ccc(-c3ccc(N(c4ccc(-c5ccc6c(c5)oc5ccccc56)cc4)c4ccc5c(c4)C(C)(C)c4cc(-c6ccccc6)ccc4-5)cc3)cc21. The Morgan fingerprint density at radius 1 is 0.306 bits per heavy atom. The highest BCUT2D eigenvalue weighted by Gasteiger charge is 2.37. The normalized spacial score (nSPS) is 14.1. The van der Waals surface area contributed by atoms with Gasteiger partial charge in [-0.1, -0.05) is 161 Å². The number of hydrogen-bond acceptors (Lipinski definition) is 2. The fourth-order valence-corrected chi connectivity index (χ4v) is 10.5. The van der Waals surface area contributed by atoms with E-state index >= 15 is 0 Å². The van der Waals surface area contributed by atoms with Crippen molar-refractivity contribution in [1.82, 2.24) is 0 Å². The van der Waals surface area contributed by atoms with Gasteiger partial charge in [0, 0.05) is 38.7 Å². The zero-order valence-corrected chi connectivity index (χ0v) is 35.4. The van der Waals surface area contributed by atoms with Crippen LogP contribution in [0.15, 0.2) is 205 Å². The van der Waals surface area contributed by atoms with Crippen LogP contribution in [0.3, 0.4) is 0 Å². The Balaban J connectivity index is 0.937. The van der Waals surface area contributed by atoms with Crippen LogP contribution < -0.4 is 4.90 Å². The molecule has 0 fully saturated rings. The zero-order chi connectivity index (χ0) is 41.7. The molecule has 0 saturated heterocycles. The molecule has 296 valence electrons. The number of rotatable bonds is 6. The maximum absolute atomic E-state index is 6.28. The summed E-state index contributed by atoms with van der Waals surface area (Å²) in [6.45, 7) is 9.45. The summed E-state index contributed by atoms with van der Waals surface area (Å²) in [6.07, 6.45) is 0. The van der Waals surface area contributed by atoms with Gasteiger partial charge in [-0.2, -0.15) is 0 Å². The van der Waals surface area contributed by atoms with Crippen molar-refractivity contribution in [3.05, 3.63) is 222 Å². The van der Waals surface area contributed by atoms with Crippen molar-refractivity contribution in [3.63, 3.8) is 0 Å². The van der Waals surface area contributed by atoms with Gasteiger partial charge in [0.1, 0.15) is 11.2 Å². The van der Waals surface area contributed by atoms with Gasteiger partial charge >= 0.3 is 0 Å². The summed E-state index contributed by atoms with van der Waals surface area (Å²) < 4.78 is 6.28. The molecule has 2 aliphatic carbocycles. The van der Waals surface area contributed by atoms with Crippen LogP contribution in [0.2, 0.25) is 0 Å². The van der Waals surface area contributed by atoms with E-state index in [4.69, 9.17) is 4.42 Å². The Morgan fingerprint density at radius 2 is 0.742 bits per heavy atom. The molecule has 9 aromatic carbocycles. The van der Waals surface area contributed by atoms with Crippen LogP contribution in [0.4, 0.5) is 17.1 Å². The predicted octanol–water partition coefficient (Wildman–Crippen LogP) is 16.7. The third-order valence-corrected chi connectivity index (χ3v) is 13.9. The zero-order valence-electron chi connectivity index (χ0n) is 35.4. The van der Waals surface area contributed by atoms with Gasteiger partial charge in [-0.05, 0) is 145 Å². The topological polar surface area (TPSA) is 16.4 Å². The van der Waals surface area contributed by atoms with E-state index in [9.17, 15) is 0 Å². The molecule has 0 atom stereocenters. The lowest BCUT2D eigenvalue weighted by Gasteiger charge is -2.28. The number of nitrogens with zero attached hydrogens (tertiary/aromatic N) is 1. The van der Waals surface area contributed by atoms with Crippen LogP contribution in [0, 0.1) is 0 Å². The number of benzene rings is 9. The summed E-state index contributed by atoms with van der Waals surface area (Å²) in [7, 11) is 0. The van der Waals surface area contributed by atoms with Crippen molar-refractivity contribution in [3.8, 4) is 55.6 Å². The summed E-state index contributed by atoms with van der Waals surface area (Å²) in [5, 5.41) is 2.29. The van der Waals surface area contributed by atoms with Gasteiger partial charge in [0.05, 0.1) is 0 Å². The molecule has 0 radical (unpaired) electrons. The number of furan rings is 1. The molecule has 1 heterocycles. The smallest absolute Gasteiger partial charge is 0.136 e. The highest BCUT2D eigenvalue weighted by Crippen LogP contribution is 2.53. The molecule has 62 heavy (non-hydrogen) atoms. The fourth-order valence-electron chi connectivity index (χ4n) is 10.5. The molecule has 12 rings (SSSR count). The molecule has 2 nitrogen and oxygen atoms in total. The molecule has 0 unspecified atom stereocenters. The first-order valence-electron chi connectivity index (χ1n) is 21.7. The van der Waals surface area contributed by atoms with Crippen molar-refractivity contribution in [2.45, 2.75) is 38.5 Å². The lowest BCUT2D eigenvalue weighted by atomic mass is 9.81. The van der Waals surface area contributed by atoms with Crippen molar-refractivity contribution in [2.75, 3.05) is 4.90 Å². The third-order valence-electron chi connectivity index (χ3n) is 13.9. The minimum Gasteiger partial charge on any atom is -0.456 e. The molecule has 0 bridgehead atoms. The van der Waals surface area contributed by atoms with E-state index < -0.39 is 0 Å². The van der Waals surface area contributed by atoms with Crippen molar-refractivity contribution >= 4 is 39.0 Å². The van der Waals surface area contributed by atoms with Crippen molar-refractivity contribution in [2.24, 2.45) is 0 Å². The van der Waals surface area contributed by atoms with E-state index in [-0.39, 0.29) is 10.8 Å². The Kier molecular flexibility index (Phi) is 7.96. The van der Waals surface area contributed by atoms with E-state index in [0.717, 1.165) is 50.1 Å². The molecular formula is C60H45NO. The number of para-hydroxylation sites is 1. The summed E-state index contributed by atoms with van der Waals surface area (Å²) in [5.74, 6) is 0. The molecule has 0 aliphatic heterocycles. The van der Waals surface area contributed by atoms with Crippen LogP contribution in [-0.4, -0.2) is 0 Å². The molecule has 10 aromatic rings. The molecular weight excluding hydrogens is 751 g/mol. The molecule has 0 amide bonds. The van der Waals surface area contributed by atoms with Gasteiger partial charge in [0.15, 0.2) is 0 Å². The summed E-state index contributed by atoms with van der Waals surface area (Å²) >= 11 is 0. The van der Waals surface area contributed by atoms with E-state index in [1.165, 1.54) is 66.8 Å². The van der Waals surface area contributed by atoms with Crippen LogP contribution >= 0.6 is 0 Å². The van der Waals surface area contributed by atoms with Gasteiger partial charge in [0.2, 0.25) is 0 Å². The highest BCUT2D eigenvalue weighted by molar-refractivity contribution is 6.06. The van der Waals surface area contributed by atoms with E-state index in [0.29, 0.717) is 0 Å². The van der Waals surface area contributed by atoms with Crippen LogP contribution in [0.25, 0.3) is 77.6 Å². The molecule has 2 aliphatic rings. The third kappa shape index (κ3) is 5.56. The molecule has 1 aromatic heterocycles. The average Bonchev–Trinajstić information content (AvgIpc) is 3.88. The maximum atomic E-state index is 6.28. The number of fused-ring (bicyclic) bond motifs is 9. The maximum Gasteiger partial charge on any atom is 0.136 e. The summed E-state index contributed by atoms with van der Waals surface area (Å²) in [6, 6.07) is 73.6. The standard InChI is InChI=1S/C60H45NO/c1-59(2)53-16-10-8-14-47(53)48-30-23-42(35-54(48)59)39-18-25-44(26-19-39)61(45-27-20-40(21-28-45)43-24-32-52-51-15-9-11-17-57(51)62-58(52)36-43)46-29-33-50-49-31-22-41(38-12-6-5-7-13-38)34-55(49)60(3,4)56(50)37-46/h5-37H,1-4H3. The first kappa shape index (κ1) is 36.4. The van der Waals surface area contributed by atoms with Crippen LogP contribution in [0.5, 0.6) is 0 Å². The number of anilines is 3. The van der Waals surface area contributed by atoms with Crippen molar-refractivity contribution in [1.29, 1.82) is 0 Å². The van der Waals surface area contributed by atoms with Crippen LogP contribution in [0.1, 0.15) is 49.9 Å². The average molecular weight is 796 g/mol. The summed E-state index contributed by atoms with van der Waals surface area (Å²) in [4.78, 5) is 2.41. The molecule has 0 saturated carbocycles. The lowest BCUT2D eigenvalue weighted by molar-refractivity contribution is 0.660. The van der Waals surface area contributed by atoms with Gasteiger partial charge in [-0.15, -0.1) is 0 Å². The van der Waals surface area contributed by atoms with Crippen LogP contribution in [-0.2, 0) is 10.8 Å². The van der Waals surface area contributed by atoms with Gasteiger partial charge in [-0.3, -0.25) is 0 Å². The van der Waals surface area contributed by atoms with E-state index in [1.807, 2.05) is 12.1 Å².